The second kappa shape index (κ2) is 7.07. The van der Waals surface area contributed by atoms with E-state index in [1.807, 2.05) is 0 Å². The van der Waals surface area contributed by atoms with Gasteiger partial charge in [0.1, 0.15) is 0 Å². The van der Waals surface area contributed by atoms with E-state index in [0.29, 0.717) is 0 Å². The van der Waals surface area contributed by atoms with Crippen molar-refractivity contribution in [3.05, 3.63) is 80.9 Å². The van der Waals surface area contributed by atoms with Gasteiger partial charge >= 0.3 is 0 Å². The average molecular weight is 342 g/mol. The predicted molar refractivity (Wildman–Crippen MR) is 109 cm³/mol. The Kier molecular flexibility index (Phi) is 4.63. The Labute approximate surface area is 156 Å². The molecule has 132 valence electrons. The summed E-state index contributed by atoms with van der Waals surface area (Å²) in [5.41, 5.74) is 9.92. The zero-order valence-corrected chi connectivity index (χ0v) is 15.8. The number of rotatable bonds is 4. The molecule has 0 unspecified atom stereocenters. The minimum Gasteiger partial charge on any atom is -0.289 e. The lowest BCUT2D eigenvalue weighted by Crippen LogP contribution is -2.14. The maximum absolute atomic E-state index is 13.1. The molecule has 4 rings (SSSR count). The summed E-state index contributed by atoms with van der Waals surface area (Å²) >= 11 is 0. The van der Waals surface area contributed by atoms with Crippen molar-refractivity contribution in [2.45, 2.75) is 52.4 Å². The predicted octanol–water partition coefficient (Wildman–Crippen LogP) is 5.74. The molecule has 2 aromatic carbocycles. The minimum absolute atomic E-state index is 0.250. The first-order valence-electron chi connectivity index (χ1n) is 9.87. The van der Waals surface area contributed by atoms with Crippen LogP contribution in [-0.2, 0) is 30.5 Å². The van der Waals surface area contributed by atoms with Gasteiger partial charge in [-0.25, -0.2) is 0 Å². The van der Waals surface area contributed by atoms with Gasteiger partial charge in [-0.2, -0.15) is 0 Å². The molecule has 0 amide bonds. The topological polar surface area (TPSA) is 17.1 Å². The monoisotopic (exact) mass is 342 g/mol. The first kappa shape index (κ1) is 17.0. The molecule has 0 bridgehead atoms. The summed E-state index contributed by atoms with van der Waals surface area (Å²) in [6, 6.07) is 13.3. The van der Waals surface area contributed by atoms with Crippen LogP contribution in [0.25, 0.3) is 12.2 Å². The van der Waals surface area contributed by atoms with Gasteiger partial charge in [0, 0.05) is 11.1 Å². The van der Waals surface area contributed by atoms with Gasteiger partial charge in [-0.1, -0.05) is 50.2 Å². The van der Waals surface area contributed by atoms with Crippen LogP contribution >= 0.6 is 0 Å². The maximum Gasteiger partial charge on any atom is 0.185 e. The second-order valence-corrected chi connectivity index (χ2v) is 7.44. The molecule has 0 aromatic heterocycles. The van der Waals surface area contributed by atoms with E-state index in [4.69, 9.17) is 0 Å². The Bertz CT molecular complexity index is 852. The highest BCUT2D eigenvalue weighted by Crippen LogP contribution is 2.31. The zero-order valence-electron chi connectivity index (χ0n) is 15.8. The molecule has 0 radical (unpaired) electrons. The Hall–Kier alpha value is -2.41. The lowest BCUT2D eigenvalue weighted by molar-refractivity contribution is -0.112. The van der Waals surface area contributed by atoms with E-state index in [1.165, 1.54) is 33.4 Å². The number of hydrogen-bond donors (Lipinski definition) is 0. The standard InChI is InChI=1S/C25H26O/c1-3-17-5-7-21-15-23(11-9-19(21)13-17)25(26)24-12-10-20-14-18(4-2)6-8-22(20)16-24/h5-8,13-16H,3-4,9-12H2,1-2H3. The molecule has 0 fully saturated rings. The molecule has 2 aliphatic carbocycles. The van der Waals surface area contributed by atoms with E-state index in [0.717, 1.165) is 49.7 Å². The van der Waals surface area contributed by atoms with Gasteiger partial charge < -0.3 is 0 Å². The Morgan fingerprint density at radius 2 is 1.19 bits per heavy atom. The van der Waals surface area contributed by atoms with E-state index >= 15 is 0 Å². The fourth-order valence-corrected chi connectivity index (χ4v) is 4.10. The number of aryl methyl sites for hydroxylation is 4. The van der Waals surface area contributed by atoms with Gasteiger partial charge in [0.05, 0.1) is 0 Å². The third-order valence-electron chi connectivity index (χ3n) is 5.80. The average Bonchev–Trinajstić information content (AvgIpc) is 2.71. The van der Waals surface area contributed by atoms with Crippen LogP contribution in [0, 0.1) is 0 Å². The lowest BCUT2D eigenvalue weighted by atomic mass is 9.83. The number of ketones is 1. The highest BCUT2D eigenvalue weighted by Gasteiger charge is 2.22. The molecule has 1 heteroatoms. The zero-order chi connectivity index (χ0) is 18.1. The molecular formula is C25H26O. The number of hydrogen-bond acceptors (Lipinski definition) is 1. The van der Waals surface area contributed by atoms with Crippen LogP contribution in [0.4, 0.5) is 0 Å². The Balaban J connectivity index is 1.61. The number of carbonyl (C=O) groups excluding carboxylic acids is 1. The van der Waals surface area contributed by atoms with Crippen LogP contribution in [0.5, 0.6) is 0 Å². The van der Waals surface area contributed by atoms with Gasteiger partial charge in [0.2, 0.25) is 0 Å². The van der Waals surface area contributed by atoms with E-state index in [-0.39, 0.29) is 5.78 Å². The molecule has 0 aliphatic heterocycles. The molecule has 0 saturated heterocycles. The number of allylic oxidation sites excluding steroid dienone is 2. The quantitative estimate of drug-likeness (QED) is 0.692. The van der Waals surface area contributed by atoms with Gasteiger partial charge in [-0.05, 0) is 84.1 Å². The molecule has 0 atom stereocenters. The van der Waals surface area contributed by atoms with Crippen molar-refractivity contribution in [3.8, 4) is 0 Å². The number of Topliss-reactive ketones (excluding diaryl/α,β-unsaturated/α-hetero) is 1. The number of carbonyl (C=O) groups is 1. The molecule has 1 nitrogen and oxygen atoms in total. The van der Waals surface area contributed by atoms with Crippen LogP contribution in [-0.4, -0.2) is 5.78 Å². The molecule has 0 saturated carbocycles. The van der Waals surface area contributed by atoms with Crippen molar-refractivity contribution in [1.29, 1.82) is 0 Å². The SMILES string of the molecule is CCc1ccc2c(c1)CCC(C(=O)C1=Cc3ccc(CC)cc3CC1)=C2. The summed E-state index contributed by atoms with van der Waals surface area (Å²) in [6.45, 7) is 4.37. The van der Waals surface area contributed by atoms with Crippen LogP contribution < -0.4 is 0 Å². The molecule has 2 aliphatic rings. The molecular weight excluding hydrogens is 316 g/mol. The van der Waals surface area contributed by atoms with Gasteiger partial charge in [-0.15, -0.1) is 0 Å². The normalized spacial score (nSPS) is 15.6. The van der Waals surface area contributed by atoms with Gasteiger partial charge in [0.25, 0.3) is 0 Å². The van der Waals surface area contributed by atoms with E-state index in [2.05, 4.69) is 62.4 Å². The molecule has 0 spiro atoms. The van der Waals surface area contributed by atoms with Crippen molar-refractivity contribution in [2.75, 3.05) is 0 Å². The Morgan fingerprint density at radius 3 is 1.62 bits per heavy atom. The van der Waals surface area contributed by atoms with E-state index in [1.54, 1.807) is 0 Å². The number of fused-ring (bicyclic) bond motifs is 2. The van der Waals surface area contributed by atoms with Crippen molar-refractivity contribution in [2.24, 2.45) is 0 Å². The molecule has 2 aromatic rings. The first-order valence-corrected chi connectivity index (χ1v) is 9.87. The fraction of sp³-hybridized carbons (Fsp3) is 0.320. The maximum atomic E-state index is 13.1. The third kappa shape index (κ3) is 3.19. The van der Waals surface area contributed by atoms with Crippen LogP contribution in [0.15, 0.2) is 47.5 Å². The summed E-state index contributed by atoms with van der Waals surface area (Å²) in [6.07, 6.45) is 10.0. The summed E-state index contributed by atoms with van der Waals surface area (Å²) < 4.78 is 0. The lowest BCUT2D eigenvalue weighted by Gasteiger charge is -2.20. The van der Waals surface area contributed by atoms with Crippen LogP contribution in [0.2, 0.25) is 0 Å². The second-order valence-electron chi connectivity index (χ2n) is 7.44. The number of benzene rings is 2. The molecule has 0 heterocycles. The molecule has 0 N–H and O–H groups in total. The largest absolute Gasteiger partial charge is 0.289 e. The van der Waals surface area contributed by atoms with Crippen molar-refractivity contribution >= 4 is 17.9 Å². The third-order valence-corrected chi connectivity index (χ3v) is 5.80. The van der Waals surface area contributed by atoms with E-state index in [9.17, 15) is 4.79 Å². The van der Waals surface area contributed by atoms with Crippen LogP contribution in [0.1, 0.15) is 60.1 Å². The van der Waals surface area contributed by atoms with Crippen molar-refractivity contribution in [3.63, 3.8) is 0 Å². The smallest absolute Gasteiger partial charge is 0.185 e. The molecule has 26 heavy (non-hydrogen) atoms. The van der Waals surface area contributed by atoms with E-state index < -0.39 is 0 Å². The minimum atomic E-state index is 0.250. The highest BCUT2D eigenvalue weighted by atomic mass is 16.1. The Morgan fingerprint density at radius 1 is 0.731 bits per heavy atom. The van der Waals surface area contributed by atoms with Crippen LogP contribution in [0.3, 0.4) is 0 Å². The van der Waals surface area contributed by atoms with Crippen molar-refractivity contribution < 1.29 is 4.79 Å². The summed E-state index contributed by atoms with van der Waals surface area (Å²) in [7, 11) is 0. The fourth-order valence-electron chi connectivity index (χ4n) is 4.10. The van der Waals surface area contributed by atoms with Gasteiger partial charge in [0.15, 0.2) is 5.78 Å². The summed E-state index contributed by atoms with van der Waals surface area (Å²) in [5.74, 6) is 0.250. The van der Waals surface area contributed by atoms with Crippen molar-refractivity contribution in [1.82, 2.24) is 0 Å². The van der Waals surface area contributed by atoms with Gasteiger partial charge in [-0.3, -0.25) is 4.79 Å². The summed E-state index contributed by atoms with van der Waals surface area (Å²) in [4.78, 5) is 13.1. The highest BCUT2D eigenvalue weighted by molar-refractivity contribution is 6.14. The first-order chi connectivity index (χ1) is 12.7. The summed E-state index contributed by atoms with van der Waals surface area (Å²) in [5, 5.41) is 0.